The van der Waals surface area contributed by atoms with E-state index in [0.717, 1.165) is 72.8 Å². The van der Waals surface area contributed by atoms with E-state index in [1.165, 1.54) is 88.2 Å². The molecule has 1 heterocycles. The number of aromatic hydroxyl groups is 2. The number of nitrogens with zero attached hydrogens (tertiary/aromatic N) is 2. The summed E-state index contributed by atoms with van der Waals surface area (Å²) in [5.41, 5.74) is 5.59. The van der Waals surface area contributed by atoms with E-state index in [2.05, 4.69) is 34.1 Å². The number of ether oxygens (including phenoxy) is 4. The minimum absolute atomic E-state index is 0.314. The summed E-state index contributed by atoms with van der Waals surface area (Å²) in [5, 5.41) is 22.0. The summed E-state index contributed by atoms with van der Waals surface area (Å²) in [6, 6.07) is 13.0. The second kappa shape index (κ2) is 16.3. The van der Waals surface area contributed by atoms with Crippen molar-refractivity contribution in [2.75, 3.05) is 79.0 Å². The topological polar surface area (TPSA) is 83.9 Å². The Labute approximate surface area is 323 Å². The van der Waals surface area contributed by atoms with Crippen LogP contribution in [0.25, 0.3) is 0 Å². The molecular weight excluding hydrogens is 677 g/mol. The van der Waals surface area contributed by atoms with Gasteiger partial charge in [0.15, 0.2) is 0 Å². The lowest BCUT2D eigenvalue weighted by atomic mass is 9.48. The minimum Gasteiger partial charge on any atom is -0.508 e. The molecule has 2 N–H and O–H groups in total. The molecule has 0 aromatic heterocycles. The first kappa shape index (κ1) is 37.4. The molecule has 296 valence electrons. The van der Waals surface area contributed by atoms with Gasteiger partial charge in [0.1, 0.15) is 11.5 Å². The molecule has 11 rings (SSSR count). The first-order valence-corrected chi connectivity index (χ1v) is 21.8. The Balaban J connectivity index is 0.783. The number of phenolic OH excluding ortho intramolecular Hbond substituents is 2. The molecule has 1 saturated heterocycles. The molecule has 8 bridgehead atoms. The molecule has 9 fully saturated rings. The van der Waals surface area contributed by atoms with Crippen LogP contribution in [0.2, 0.25) is 0 Å². The third-order valence-electron chi connectivity index (χ3n) is 15.2. The Morgan fingerprint density at radius 2 is 0.741 bits per heavy atom. The van der Waals surface area contributed by atoms with E-state index in [-0.39, 0.29) is 0 Å². The Kier molecular flexibility index (Phi) is 11.3. The maximum Gasteiger partial charge on any atom is 0.120 e. The Morgan fingerprint density at radius 3 is 1.04 bits per heavy atom. The van der Waals surface area contributed by atoms with Crippen LogP contribution in [0.3, 0.4) is 0 Å². The smallest absolute Gasteiger partial charge is 0.120 e. The number of phenols is 2. The molecule has 2 aromatic carbocycles. The van der Waals surface area contributed by atoms with Gasteiger partial charge >= 0.3 is 0 Å². The molecule has 0 unspecified atom stereocenters. The van der Waals surface area contributed by atoms with Gasteiger partial charge in [-0.15, -0.1) is 0 Å². The first-order chi connectivity index (χ1) is 26.4. The van der Waals surface area contributed by atoms with Crippen LogP contribution < -0.4 is 0 Å². The molecule has 0 atom stereocenters. The second-order valence-electron chi connectivity index (χ2n) is 19.1. The summed E-state index contributed by atoms with van der Waals surface area (Å²) in [6.07, 6.45) is 16.6. The fraction of sp³-hybridized carbons (Fsp3) is 0.739. The summed E-state index contributed by atoms with van der Waals surface area (Å²) in [6.45, 7) is 9.04. The van der Waals surface area contributed by atoms with Crippen molar-refractivity contribution in [3.63, 3.8) is 0 Å². The highest BCUT2D eigenvalue weighted by molar-refractivity contribution is 5.42. The highest BCUT2D eigenvalue weighted by Crippen LogP contribution is 2.62. The lowest BCUT2D eigenvalue weighted by Crippen LogP contribution is -2.48. The van der Waals surface area contributed by atoms with Crippen LogP contribution in [0.1, 0.15) is 99.3 Å². The predicted octanol–water partition coefficient (Wildman–Crippen LogP) is 7.42. The highest BCUT2D eigenvalue weighted by atomic mass is 16.5. The van der Waals surface area contributed by atoms with E-state index in [1.54, 1.807) is 0 Å². The van der Waals surface area contributed by atoms with Crippen molar-refractivity contribution in [2.45, 2.75) is 101 Å². The average molecular weight is 743 g/mol. The van der Waals surface area contributed by atoms with Crippen LogP contribution in [-0.2, 0) is 42.9 Å². The molecular formula is C46H66N2O6. The van der Waals surface area contributed by atoms with E-state index in [0.29, 0.717) is 88.3 Å². The van der Waals surface area contributed by atoms with Gasteiger partial charge in [0.2, 0.25) is 0 Å². The van der Waals surface area contributed by atoms with Gasteiger partial charge in [-0.05, 0) is 147 Å². The van der Waals surface area contributed by atoms with Crippen molar-refractivity contribution in [1.82, 2.24) is 9.80 Å². The van der Waals surface area contributed by atoms with Crippen LogP contribution >= 0.6 is 0 Å². The molecule has 8 saturated carbocycles. The molecule has 0 spiro atoms. The van der Waals surface area contributed by atoms with Crippen LogP contribution in [0.15, 0.2) is 36.4 Å². The maximum atomic E-state index is 11.0. The van der Waals surface area contributed by atoms with Gasteiger partial charge < -0.3 is 29.2 Å². The second-order valence-corrected chi connectivity index (χ2v) is 19.1. The van der Waals surface area contributed by atoms with Crippen molar-refractivity contribution < 1.29 is 29.2 Å². The molecule has 8 nitrogen and oxygen atoms in total. The summed E-state index contributed by atoms with van der Waals surface area (Å²) in [7, 11) is 0. The summed E-state index contributed by atoms with van der Waals surface area (Å²) in [4.78, 5) is 4.71. The Morgan fingerprint density at radius 1 is 0.444 bits per heavy atom. The molecule has 0 amide bonds. The van der Waals surface area contributed by atoms with Gasteiger partial charge in [0.05, 0.1) is 52.9 Å². The monoisotopic (exact) mass is 742 g/mol. The zero-order chi connectivity index (χ0) is 36.5. The molecule has 0 radical (unpaired) electrons. The van der Waals surface area contributed by atoms with Gasteiger partial charge in [-0.2, -0.15) is 0 Å². The lowest BCUT2D eigenvalue weighted by molar-refractivity contribution is -0.00549. The zero-order valence-corrected chi connectivity index (χ0v) is 32.7. The standard InChI is InChI=1S/C46H66N2O6/c49-43-3-1-41(45-25-33-17-34(26-45)19-35(18-33)27-45)23-39(43)31-47-5-9-51-13-15-53-11-7-48(8-12-54-16-14-52-10-6-47)32-40-24-42(2-4-44(40)50)46-28-36-20-37(29-46)22-38(21-36)30-46/h1-4,23-24,33-38,49-50H,5-22,25-32H2. The van der Waals surface area contributed by atoms with E-state index in [9.17, 15) is 10.2 Å². The minimum atomic E-state index is 0.314. The average Bonchev–Trinajstić information content (AvgIpc) is 3.13. The number of hydrogen-bond acceptors (Lipinski definition) is 8. The molecule has 2 aromatic rings. The summed E-state index contributed by atoms with van der Waals surface area (Å²) < 4.78 is 24.3. The molecule has 8 aliphatic carbocycles. The van der Waals surface area contributed by atoms with E-state index in [4.69, 9.17) is 18.9 Å². The fourth-order valence-electron chi connectivity index (χ4n) is 13.5. The summed E-state index contributed by atoms with van der Waals surface area (Å²) in [5.74, 6) is 6.17. The predicted molar refractivity (Wildman–Crippen MR) is 210 cm³/mol. The number of rotatable bonds is 6. The highest BCUT2D eigenvalue weighted by Gasteiger charge is 2.53. The van der Waals surface area contributed by atoms with Crippen molar-refractivity contribution in [3.05, 3.63) is 58.7 Å². The van der Waals surface area contributed by atoms with Gasteiger partial charge in [0.25, 0.3) is 0 Å². The number of benzene rings is 2. The molecule has 8 heteroatoms. The lowest BCUT2D eigenvalue weighted by Gasteiger charge is -2.57. The van der Waals surface area contributed by atoms with Gasteiger partial charge in [-0.25, -0.2) is 0 Å². The Hall–Kier alpha value is -2.20. The first-order valence-electron chi connectivity index (χ1n) is 21.8. The molecule has 1 aliphatic heterocycles. The summed E-state index contributed by atoms with van der Waals surface area (Å²) >= 11 is 0. The van der Waals surface area contributed by atoms with Gasteiger partial charge in [-0.1, -0.05) is 24.3 Å². The van der Waals surface area contributed by atoms with Gasteiger partial charge in [0, 0.05) is 50.4 Å². The van der Waals surface area contributed by atoms with E-state index >= 15 is 0 Å². The zero-order valence-electron chi connectivity index (χ0n) is 32.7. The molecule has 54 heavy (non-hydrogen) atoms. The van der Waals surface area contributed by atoms with Gasteiger partial charge in [-0.3, -0.25) is 9.80 Å². The maximum absolute atomic E-state index is 11.0. The largest absolute Gasteiger partial charge is 0.508 e. The van der Waals surface area contributed by atoms with Crippen LogP contribution in [0.4, 0.5) is 0 Å². The fourth-order valence-corrected chi connectivity index (χ4v) is 13.5. The van der Waals surface area contributed by atoms with Crippen LogP contribution in [0, 0.1) is 35.5 Å². The van der Waals surface area contributed by atoms with Crippen molar-refractivity contribution >= 4 is 0 Å². The Bertz CT molecular complexity index is 1370. The quantitative estimate of drug-likeness (QED) is 0.317. The van der Waals surface area contributed by atoms with E-state index in [1.807, 2.05) is 12.1 Å². The van der Waals surface area contributed by atoms with Crippen molar-refractivity contribution in [2.24, 2.45) is 35.5 Å². The van der Waals surface area contributed by atoms with E-state index < -0.39 is 0 Å². The van der Waals surface area contributed by atoms with Crippen LogP contribution in [-0.4, -0.2) is 99.0 Å². The van der Waals surface area contributed by atoms with Crippen molar-refractivity contribution in [3.8, 4) is 11.5 Å². The SMILES string of the molecule is Oc1ccc(C23CC4CC(CC(C4)C2)C3)cc1CN1CCOCCOCCN(Cc2cc(C34CC5CC(CC(C5)C3)C4)ccc2O)CCOCCOCC1. The van der Waals surface area contributed by atoms with Crippen molar-refractivity contribution in [1.29, 1.82) is 0 Å². The number of hydrogen-bond donors (Lipinski definition) is 2. The normalized spacial score (nSPS) is 37.0. The third-order valence-corrected chi connectivity index (χ3v) is 15.2. The molecule has 9 aliphatic rings. The third kappa shape index (κ3) is 8.26. The van der Waals surface area contributed by atoms with Crippen LogP contribution in [0.5, 0.6) is 11.5 Å².